The fraction of sp³-hybridized carbons (Fsp3) is 0.500. The Morgan fingerprint density at radius 1 is 1.59 bits per heavy atom. The molecule has 4 nitrogen and oxygen atoms in total. The molecule has 0 spiro atoms. The Hall–Kier alpha value is -0.300. The summed E-state index contributed by atoms with van der Waals surface area (Å²) in [4.78, 5) is 3.86. The van der Waals surface area contributed by atoms with Crippen molar-refractivity contribution in [3.63, 3.8) is 0 Å². The predicted molar refractivity (Wildman–Crippen MR) is 72.0 cm³/mol. The second-order valence-electron chi connectivity index (χ2n) is 3.63. The van der Waals surface area contributed by atoms with E-state index in [9.17, 15) is 8.42 Å². The van der Waals surface area contributed by atoms with Crippen LogP contribution >= 0.6 is 23.4 Å². The number of hydrogen-bond acceptors (Lipinski definition) is 4. The van der Waals surface area contributed by atoms with Crippen molar-refractivity contribution in [3.8, 4) is 0 Å². The zero-order valence-electron chi connectivity index (χ0n) is 9.92. The van der Waals surface area contributed by atoms with Gasteiger partial charge in [0.15, 0.2) is 0 Å². The summed E-state index contributed by atoms with van der Waals surface area (Å²) in [6.45, 7) is 1.86. The van der Waals surface area contributed by atoms with Crippen molar-refractivity contribution >= 4 is 33.4 Å². The lowest BCUT2D eigenvalue weighted by atomic mass is 10.4. The van der Waals surface area contributed by atoms with E-state index in [1.807, 2.05) is 13.2 Å². The summed E-state index contributed by atoms with van der Waals surface area (Å²) in [6.07, 6.45) is 4.68. The van der Waals surface area contributed by atoms with Crippen LogP contribution < -0.4 is 0 Å². The number of aromatic nitrogens is 1. The third-order valence-electron chi connectivity index (χ3n) is 2.42. The van der Waals surface area contributed by atoms with Crippen molar-refractivity contribution in [1.29, 1.82) is 0 Å². The maximum absolute atomic E-state index is 12.3. The molecule has 1 atom stereocenters. The highest BCUT2D eigenvalue weighted by Crippen LogP contribution is 2.24. The first-order valence-corrected chi connectivity index (χ1v) is 8.19. The van der Waals surface area contributed by atoms with Crippen LogP contribution in [0.5, 0.6) is 0 Å². The third-order valence-corrected chi connectivity index (χ3v) is 5.68. The van der Waals surface area contributed by atoms with Crippen LogP contribution in [0.1, 0.15) is 6.92 Å². The van der Waals surface area contributed by atoms with Gasteiger partial charge in [0.25, 0.3) is 0 Å². The average Bonchev–Trinajstić information content (AvgIpc) is 2.28. The van der Waals surface area contributed by atoms with Crippen LogP contribution in [0.25, 0.3) is 0 Å². The zero-order valence-corrected chi connectivity index (χ0v) is 12.3. The Morgan fingerprint density at radius 2 is 2.24 bits per heavy atom. The highest BCUT2D eigenvalue weighted by Gasteiger charge is 2.27. The van der Waals surface area contributed by atoms with Crippen LogP contribution in [0, 0.1) is 0 Å². The van der Waals surface area contributed by atoms with E-state index in [1.165, 1.54) is 22.8 Å². The van der Waals surface area contributed by atoms with Crippen LogP contribution in [-0.2, 0) is 10.0 Å². The van der Waals surface area contributed by atoms with E-state index < -0.39 is 10.0 Å². The van der Waals surface area contributed by atoms with E-state index in [0.29, 0.717) is 0 Å². The predicted octanol–water partition coefficient (Wildman–Crippen LogP) is 2.11. The van der Waals surface area contributed by atoms with E-state index in [0.717, 1.165) is 5.75 Å². The SMILES string of the molecule is CSCC(C)N(C)S(=O)(=O)c1cnccc1Cl. The standard InChI is InChI=1S/C10H15ClN2O2S2/c1-8(7-16-3)13(2)17(14,15)10-6-12-5-4-9(10)11/h4-6,8H,7H2,1-3H3. The molecule has 7 heteroatoms. The summed E-state index contributed by atoms with van der Waals surface area (Å²) < 4.78 is 25.8. The molecule has 0 saturated carbocycles. The minimum atomic E-state index is -3.57. The molecule has 0 amide bonds. The van der Waals surface area contributed by atoms with Crippen molar-refractivity contribution in [2.75, 3.05) is 19.1 Å². The molecule has 0 N–H and O–H groups in total. The summed E-state index contributed by atoms with van der Waals surface area (Å²) in [7, 11) is -2.01. The topological polar surface area (TPSA) is 50.3 Å². The van der Waals surface area contributed by atoms with E-state index in [1.54, 1.807) is 18.8 Å². The molecule has 0 saturated heterocycles. The molecule has 0 fully saturated rings. The maximum atomic E-state index is 12.3. The van der Waals surface area contributed by atoms with Crippen LogP contribution in [-0.4, -0.2) is 42.8 Å². The highest BCUT2D eigenvalue weighted by atomic mass is 35.5. The van der Waals surface area contributed by atoms with Crippen molar-refractivity contribution in [2.24, 2.45) is 0 Å². The highest BCUT2D eigenvalue weighted by molar-refractivity contribution is 7.98. The van der Waals surface area contributed by atoms with Gasteiger partial charge >= 0.3 is 0 Å². The Bertz CT molecular complexity index is 479. The molecule has 17 heavy (non-hydrogen) atoms. The second kappa shape index (κ2) is 6.04. The summed E-state index contributed by atoms with van der Waals surface area (Å²) in [5.74, 6) is 0.730. The van der Waals surface area contributed by atoms with Gasteiger partial charge in [0, 0.05) is 31.2 Å². The molecule has 0 aromatic carbocycles. The number of thioether (sulfide) groups is 1. The van der Waals surface area contributed by atoms with E-state index in [2.05, 4.69) is 4.98 Å². The van der Waals surface area contributed by atoms with Gasteiger partial charge < -0.3 is 0 Å². The monoisotopic (exact) mass is 294 g/mol. The van der Waals surface area contributed by atoms with Crippen molar-refractivity contribution in [3.05, 3.63) is 23.5 Å². The zero-order chi connectivity index (χ0) is 13.1. The minimum absolute atomic E-state index is 0.0529. The van der Waals surface area contributed by atoms with Crippen LogP contribution in [0.15, 0.2) is 23.4 Å². The fourth-order valence-electron chi connectivity index (χ4n) is 1.29. The first kappa shape index (κ1) is 14.8. The lowest BCUT2D eigenvalue weighted by molar-refractivity contribution is 0.415. The molecule has 1 heterocycles. The Kier molecular flexibility index (Phi) is 5.24. The smallest absolute Gasteiger partial charge is 0.246 e. The second-order valence-corrected chi connectivity index (χ2v) is 6.92. The summed E-state index contributed by atoms with van der Waals surface area (Å²) in [6, 6.07) is 1.38. The summed E-state index contributed by atoms with van der Waals surface area (Å²) in [5.41, 5.74) is 0. The summed E-state index contributed by atoms with van der Waals surface area (Å²) >= 11 is 7.48. The molecule has 96 valence electrons. The largest absolute Gasteiger partial charge is 0.263 e. The summed E-state index contributed by atoms with van der Waals surface area (Å²) in [5, 5.41) is 0.197. The van der Waals surface area contributed by atoms with Gasteiger partial charge in [-0.15, -0.1) is 0 Å². The lowest BCUT2D eigenvalue weighted by Gasteiger charge is -2.23. The first-order valence-electron chi connectivity index (χ1n) is 4.97. The molecular formula is C10H15ClN2O2S2. The van der Waals surface area contributed by atoms with Crippen LogP contribution in [0.4, 0.5) is 0 Å². The van der Waals surface area contributed by atoms with Gasteiger partial charge in [0.1, 0.15) is 4.90 Å². The lowest BCUT2D eigenvalue weighted by Crippen LogP contribution is -2.36. The van der Waals surface area contributed by atoms with Gasteiger partial charge in [-0.2, -0.15) is 16.1 Å². The quantitative estimate of drug-likeness (QED) is 0.834. The van der Waals surface area contributed by atoms with Crippen molar-refractivity contribution in [2.45, 2.75) is 17.9 Å². The molecule has 0 radical (unpaired) electrons. The molecule has 1 aromatic rings. The van der Waals surface area contributed by atoms with Gasteiger partial charge in [0.05, 0.1) is 5.02 Å². The molecule has 1 unspecified atom stereocenters. The number of nitrogens with zero attached hydrogens (tertiary/aromatic N) is 2. The van der Waals surface area contributed by atoms with Crippen LogP contribution in [0.2, 0.25) is 5.02 Å². The first-order chi connectivity index (χ1) is 7.91. The normalized spacial score (nSPS) is 13.9. The number of halogens is 1. The number of hydrogen-bond donors (Lipinski definition) is 0. The van der Waals surface area contributed by atoms with E-state index >= 15 is 0 Å². The molecule has 0 aliphatic carbocycles. The molecule has 1 rings (SSSR count). The van der Waals surface area contributed by atoms with Gasteiger partial charge in [-0.05, 0) is 19.2 Å². The molecule has 0 aliphatic heterocycles. The molecular weight excluding hydrogens is 280 g/mol. The number of sulfonamides is 1. The van der Waals surface area contributed by atoms with Crippen molar-refractivity contribution < 1.29 is 8.42 Å². The molecule has 1 aromatic heterocycles. The maximum Gasteiger partial charge on any atom is 0.246 e. The third kappa shape index (κ3) is 3.34. The van der Waals surface area contributed by atoms with Gasteiger partial charge in [0.2, 0.25) is 10.0 Å². The van der Waals surface area contributed by atoms with Crippen molar-refractivity contribution in [1.82, 2.24) is 9.29 Å². The van der Waals surface area contributed by atoms with E-state index in [4.69, 9.17) is 11.6 Å². The Morgan fingerprint density at radius 3 is 2.76 bits per heavy atom. The van der Waals surface area contributed by atoms with E-state index in [-0.39, 0.29) is 16.0 Å². The van der Waals surface area contributed by atoms with Gasteiger partial charge in [-0.3, -0.25) is 4.98 Å². The number of pyridine rings is 1. The molecule has 0 aliphatic rings. The average molecular weight is 295 g/mol. The van der Waals surface area contributed by atoms with Gasteiger partial charge in [-0.25, -0.2) is 8.42 Å². The fourth-order valence-corrected chi connectivity index (χ4v) is 3.86. The minimum Gasteiger partial charge on any atom is -0.263 e. The molecule has 0 bridgehead atoms. The van der Waals surface area contributed by atoms with Gasteiger partial charge in [-0.1, -0.05) is 11.6 Å². The Labute approximate surface area is 111 Å². The van der Waals surface area contributed by atoms with Crippen LogP contribution in [0.3, 0.4) is 0 Å². The number of rotatable bonds is 5. The Balaban J connectivity index is 3.08.